The highest BCUT2D eigenvalue weighted by molar-refractivity contribution is 7.99. The van der Waals surface area contributed by atoms with E-state index in [1.54, 1.807) is 30.1 Å². The molecule has 1 aromatic carbocycles. The van der Waals surface area contributed by atoms with Crippen LogP contribution in [0.2, 0.25) is 0 Å². The van der Waals surface area contributed by atoms with E-state index in [1.165, 1.54) is 29.2 Å². The molecule has 0 bridgehead atoms. The second-order valence-electron chi connectivity index (χ2n) is 7.68. The molecule has 3 aromatic heterocycles. The Balaban J connectivity index is 1.50. The molecule has 170 valence electrons. The molecule has 9 nitrogen and oxygen atoms in total. The van der Waals surface area contributed by atoms with Crippen molar-refractivity contribution in [2.24, 2.45) is 7.05 Å². The molecule has 0 saturated heterocycles. The zero-order valence-corrected chi connectivity index (χ0v) is 19.5. The second kappa shape index (κ2) is 10.3. The largest absolute Gasteiger partial charge is 0.490 e. The number of benzene rings is 1. The van der Waals surface area contributed by atoms with Crippen LogP contribution in [0, 0.1) is 6.92 Å². The Hall–Kier alpha value is -3.66. The van der Waals surface area contributed by atoms with Gasteiger partial charge in [-0.2, -0.15) is 10.2 Å². The third-order valence-corrected chi connectivity index (χ3v) is 5.66. The standard InChI is InChI=1S/C23H25N7O2S/c1-15-6-4-5-7-17(15)10-16(2)32-19-11-18(12-21(31)27-20-8-9-30(3)29-20)26-22(13-19)33-23-24-14-25-28-23/h4-9,11,13-14,16H,10,12H2,1-3H3,(H,24,25,28)(H,27,29,31)/t16-/m0/s1. The number of aromatic amines is 1. The lowest BCUT2D eigenvalue weighted by molar-refractivity contribution is -0.115. The number of nitrogens with one attached hydrogen (secondary N) is 2. The van der Waals surface area contributed by atoms with Crippen molar-refractivity contribution in [1.29, 1.82) is 0 Å². The first-order valence-electron chi connectivity index (χ1n) is 10.5. The van der Waals surface area contributed by atoms with Gasteiger partial charge in [0.1, 0.15) is 17.1 Å². The number of ether oxygens (including phenoxy) is 1. The van der Waals surface area contributed by atoms with Crippen molar-refractivity contribution in [2.75, 3.05) is 5.32 Å². The summed E-state index contributed by atoms with van der Waals surface area (Å²) in [6.45, 7) is 4.13. The van der Waals surface area contributed by atoms with E-state index in [0.717, 1.165) is 6.42 Å². The molecule has 2 N–H and O–H groups in total. The number of aromatic nitrogens is 6. The third kappa shape index (κ3) is 6.42. The van der Waals surface area contributed by atoms with Crippen molar-refractivity contribution in [2.45, 2.75) is 43.0 Å². The number of hydrogen-bond acceptors (Lipinski definition) is 7. The molecule has 1 amide bonds. The van der Waals surface area contributed by atoms with Gasteiger partial charge in [0.05, 0.1) is 18.2 Å². The van der Waals surface area contributed by atoms with Crippen LogP contribution in [0.25, 0.3) is 0 Å². The predicted octanol–water partition coefficient (Wildman–Crippen LogP) is 3.58. The van der Waals surface area contributed by atoms with Crippen LogP contribution in [0.5, 0.6) is 5.75 Å². The van der Waals surface area contributed by atoms with Crippen molar-refractivity contribution in [3.05, 3.63) is 71.8 Å². The van der Waals surface area contributed by atoms with E-state index in [4.69, 9.17) is 4.74 Å². The number of carbonyl (C=O) groups is 1. The maximum absolute atomic E-state index is 12.6. The number of hydrogen-bond donors (Lipinski definition) is 2. The van der Waals surface area contributed by atoms with Crippen LogP contribution in [0.3, 0.4) is 0 Å². The zero-order chi connectivity index (χ0) is 23.2. The molecule has 0 aliphatic rings. The highest BCUT2D eigenvalue weighted by Gasteiger charge is 2.14. The van der Waals surface area contributed by atoms with Crippen LogP contribution in [-0.2, 0) is 24.7 Å². The van der Waals surface area contributed by atoms with E-state index < -0.39 is 0 Å². The maximum Gasteiger partial charge on any atom is 0.231 e. The summed E-state index contributed by atoms with van der Waals surface area (Å²) in [5.41, 5.74) is 3.06. The molecule has 0 fully saturated rings. The maximum atomic E-state index is 12.6. The van der Waals surface area contributed by atoms with Crippen molar-refractivity contribution < 1.29 is 9.53 Å². The summed E-state index contributed by atoms with van der Waals surface area (Å²) in [5, 5.41) is 14.9. The summed E-state index contributed by atoms with van der Waals surface area (Å²) in [5.74, 6) is 0.939. The van der Waals surface area contributed by atoms with E-state index in [1.807, 2.05) is 25.1 Å². The fraction of sp³-hybridized carbons (Fsp3) is 0.261. The zero-order valence-electron chi connectivity index (χ0n) is 18.6. The summed E-state index contributed by atoms with van der Waals surface area (Å²) in [7, 11) is 1.79. The molecule has 3 heterocycles. The number of amides is 1. The molecule has 0 aliphatic heterocycles. The molecule has 4 aromatic rings. The lowest BCUT2D eigenvalue weighted by Crippen LogP contribution is -2.18. The average Bonchev–Trinajstić information content (AvgIpc) is 3.41. The summed E-state index contributed by atoms with van der Waals surface area (Å²) >= 11 is 1.32. The molecular weight excluding hydrogens is 438 g/mol. The van der Waals surface area contributed by atoms with Crippen LogP contribution in [0.1, 0.15) is 23.7 Å². The van der Waals surface area contributed by atoms with E-state index in [0.29, 0.717) is 27.4 Å². The Labute approximate surface area is 196 Å². The first kappa shape index (κ1) is 22.5. The summed E-state index contributed by atoms with van der Waals surface area (Å²) in [6, 6.07) is 13.7. The molecule has 0 aliphatic carbocycles. The van der Waals surface area contributed by atoms with Crippen LogP contribution in [-0.4, -0.2) is 42.0 Å². The lowest BCUT2D eigenvalue weighted by atomic mass is 10.0. The first-order chi connectivity index (χ1) is 15.9. The molecule has 10 heteroatoms. The molecular formula is C23H25N7O2S. The summed E-state index contributed by atoms with van der Waals surface area (Å²) in [4.78, 5) is 21.3. The highest BCUT2D eigenvalue weighted by Crippen LogP contribution is 2.28. The number of anilines is 1. The van der Waals surface area contributed by atoms with Crippen LogP contribution in [0.4, 0.5) is 5.82 Å². The van der Waals surface area contributed by atoms with Crippen LogP contribution >= 0.6 is 11.8 Å². The smallest absolute Gasteiger partial charge is 0.231 e. The van der Waals surface area contributed by atoms with Gasteiger partial charge in [0.15, 0.2) is 11.0 Å². The van der Waals surface area contributed by atoms with Crippen molar-refractivity contribution in [3.8, 4) is 5.75 Å². The van der Waals surface area contributed by atoms with Crippen LogP contribution < -0.4 is 10.1 Å². The Morgan fingerprint density at radius 2 is 2.12 bits per heavy atom. The Morgan fingerprint density at radius 3 is 2.85 bits per heavy atom. The number of pyridine rings is 1. The fourth-order valence-electron chi connectivity index (χ4n) is 3.34. The van der Waals surface area contributed by atoms with E-state index in [2.05, 4.69) is 49.6 Å². The van der Waals surface area contributed by atoms with Gasteiger partial charge >= 0.3 is 0 Å². The summed E-state index contributed by atoms with van der Waals surface area (Å²) < 4.78 is 7.86. The van der Waals surface area contributed by atoms with Crippen molar-refractivity contribution in [1.82, 2.24) is 29.9 Å². The minimum absolute atomic E-state index is 0.0631. The number of nitrogens with zero attached hydrogens (tertiary/aromatic N) is 5. The minimum Gasteiger partial charge on any atom is -0.490 e. The van der Waals surface area contributed by atoms with Gasteiger partial charge in [-0.15, -0.1) is 0 Å². The summed E-state index contributed by atoms with van der Waals surface area (Å²) in [6.07, 6.45) is 4.00. The number of carbonyl (C=O) groups excluding carboxylic acids is 1. The first-order valence-corrected chi connectivity index (χ1v) is 11.3. The molecule has 0 unspecified atom stereocenters. The van der Waals surface area contributed by atoms with Gasteiger partial charge in [0.25, 0.3) is 0 Å². The van der Waals surface area contributed by atoms with Crippen molar-refractivity contribution >= 4 is 23.5 Å². The Bertz CT molecular complexity index is 1220. The highest BCUT2D eigenvalue weighted by atomic mass is 32.2. The van der Waals surface area contributed by atoms with E-state index in [9.17, 15) is 4.79 Å². The van der Waals surface area contributed by atoms with Gasteiger partial charge in [0, 0.05) is 37.9 Å². The SMILES string of the molecule is Cc1ccccc1C[C@H](C)Oc1cc(CC(=O)Nc2ccn(C)n2)nc(Sc2ncn[nH]2)c1. The predicted molar refractivity (Wildman–Crippen MR) is 125 cm³/mol. The van der Waals surface area contributed by atoms with Crippen LogP contribution in [0.15, 0.2) is 65.2 Å². The Morgan fingerprint density at radius 1 is 1.27 bits per heavy atom. The van der Waals surface area contributed by atoms with Gasteiger partial charge in [-0.25, -0.2) is 9.97 Å². The van der Waals surface area contributed by atoms with Gasteiger partial charge in [-0.3, -0.25) is 14.6 Å². The molecule has 4 rings (SSSR count). The quantitative estimate of drug-likeness (QED) is 0.390. The van der Waals surface area contributed by atoms with Gasteiger partial charge in [-0.1, -0.05) is 24.3 Å². The van der Waals surface area contributed by atoms with Crippen molar-refractivity contribution in [3.63, 3.8) is 0 Å². The third-order valence-electron chi connectivity index (χ3n) is 4.85. The lowest BCUT2D eigenvalue weighted by Gasteiger charge is -2.17. The molecule has 0 radical (unpaired) electrons. The monoisotopic (exact) mass is 463 g/mol. The number of rotatable bonds is 9. The van der Waals surface area contributed by atoms with Gasteiger partial charge in [-0.05, 0) is 36.7 Å². The van der Waals surface area contributed by atoms with Gasteiger partial charge < -0.3 is 10.1 Å². The number of H-pyrrole nitrogens is 1. The molecule has 0 saturated carbocycles. The fourth-order valence-corrected chi connectivity index (χ4v) is 4.08. The molecule has 1 atom stereocenters. The van der Waals surface area contributed by atoms with E-state index in [-0.39, 0.29) is 18.4 Å². The topological polar surface area (TPSA) is 111 Å². The second-order valence-corrected chi connectivity index (χ2v) is 8.69. The van der Waals surface area contributed by atoms with Gasteiger partial charge in [0.2, 0.25) is 5.91 Å². The molecule has 33 heavy (non-hydrogen) atoms. The normalized spacial score (nSPS) is 11.8. The molecule has 0 spiro atoms. The van der Waals surface area contributed by atoms with E-state index >= 15 is 0 Å². The average molecular weight is 464 g/mol. The minimum atomic E-state index is -0.207. The Kier molecular flexibility index (Phi) is 7.04. The number of aryl methyl sites for hydroxylation is 2.